The van der Waals surface area contributed by atoms with Crippen LogP contribution in [0.4, 0.5) is 0 Å². The van der Waals surface area contributed by atoms with Gasteiger partial charge in [-0.2, -0.15) is 0 Å². The second kappa shape index (κ2) is 6.10. The lowest BCUT2D eigenvalue weighted by Gasteiger charge is -2.42. The van der Waals surface area contributed by atoms with Crippen LogP contribution in [-0.2, 0) is 6.54 Å². The minimum Gasteiger partial charge on any atom is -0.311 e. The van der Waals surface area contributed by atoms with Crippen LogP contribution in [0.5, 0.6) is 0 Å². The van der Waals surface area contributed by atoms with Gasteiger partial charge in [0.15, 0.2) is 0 Å². The summed E-state index contributed by atoms with van der Waals surface area (Å²) in [5.41, 5.74) is 4.30. The fourth-order valence-corrected chi connectivity index (χ4v) is 3.56. The maximum Gasteiger partial charge on any atom is 0.0253 e. The molecular formula is C19H30N2. The SMILES string of the molecule is Cc1ccc(CN2CC(C(C)C)NCC2C2CC2)cc1C. The summed E-state index contributed by atoms with van der Waals surface area (Å²) in [4.78, 5) is 2.75. The smallest absolute Gasteiger partial charge is 0.0253 e. The van der Waals surface area contributed by atoms with E-state index in [1.165, 1.54) is 42.6 Å². The first-order chi connectivity index (χ1) is 10.0. The highest BCUT2D eigenvalue weighted by molar-refractivity contribution is 5.30. The van der Waals surface area contributed by atoms with E-state index in [-0.39, 0.29) is 0 Å². The monoisotopic (exact) mass is 286 g/mol. The second-order valence-corrected chi connectivity index (χ2v) is 7.51. The van der Waals surface area contributed by atoms with Crippen molar-refractivity contribution in [2.24, 2.45) is 11.8 Å². The predicted molar refractivity (Wildman–Crippen MR) is 89.5 cm³/mol. The van der Waals surface area contributed by atoms with Crippen LogP contribution in [-0.4, -0.2) is 30.1 Å². The minimum atomic E-state index is 0.645. The summed E-state index contributed by atoms with van der Waals surface area (Å²) in [5, 5.41) is 3.78. The molecule has 2 nitrogen and oxygen atoms in total. The first-order valence-corrected chi connectivity index (χ1v) is 8.58. The van der Waals surface area contributed by atoms with Gasteiger partial charge >= 0.3 is 0 Å². The largest absolute Gasteiger partial charge is 0.311 e. The molecule has 2 atom stereocenters. The number of piperazine rings is 1. The average Bonchev–Trinajstić information content (AvgIpc) is 3.27. The van der Waals surface area contributed by atoms with Crippen molar-refractivity contribution < 1.29 is 0 Å². The number of hydrogen-bond acceptors (Lipinski definition) is 2. The molecule has 2 fully saturated rings. The Balaban J connectivity index is 1.73. The third-order valence-electron chi connectivity index (χ3n) is 5.42. The minimum absolute atomic E-state index is 0.645. The molecule has 0 amide bonds. The first-order valence-electron chi connectivity index (χ1n) is 8.58. The summed E-state index contributed by atoms with van der Waals surface area (Å²) in [5.74, 6) is 1.66. The third kappa shape index (κ3) is 3.49. The van der Waals surface area contributed by atoms with Gasteiger partial charge in [-0.25, -0.2) is 0 Å². The van der Waals surface area contributed by atoms with Crippen LogP contribution >= 0.6 is 0 Å². The Morgan fingerprint density at radius 1 is 1.19 bits per heavy atom. The molecule has 1 saturated heterocycles. The highest BCUT2D eigenvalue weighted by Gasteiger charge is 2.39. The van der Waals surface area contributed by atoms with E-state index in [0.29, 0.717) is 12.0 Å². The van der Waals surface area contributed by atoms with Crippen molar-refractivity contribution in [3.63, 3.8) is 0 Å². The number of hydrogen-bond donors (Lipinski definition) is 1. The molecule has 1 N–H and O–H groups in total. The van der Waals surface area contributed by atoms with Gasteiger partial charge in [-0.15, -0.1) is 0 Å². The average molecular weight is 286 g/mol. The molecule has 2 unspecified atom stereocenters. The summed E-state index contributed by atoms with van der Waals surface area (Å²) in [6.07, 6.45) is 2.87. The Morgan fingerprint density at radius 3 is 2.57 bits per heavy atom. The van der Waals surface area contributed by atoms with E-state index in [1.54, 1.807) is 0 Å². The molecule has 1 aromatic carbocycles. The Kier molecular flexibility index (Phi) is 4.37. The topological polar surface area (TPSA) is 15.3 Å². The standard InChI is InChI=1S/C19H30N2/c1-13(2)18-12-21(19(10-20-18)17-7-8-17)11-16-6-5-14(3)15(4)9-16/h5-6,9,13,17-20H,7-8,10-12H2,1-4H3. The number of benzene rings is 1. The van der Waals surface area contributed by atoms with Crippen LogP contribution in [0, 0.1) is 25.7 Å². The van der Waals surface area contributed by atoms with Crippen molar-refractivity contribution in [2.75, 3.05) is 13.1 Å². The van der Waals surface area contributed by atoms with Crippen molar-refractivity contribution in [3.8, 4) is 0 Å². The van der Waals surface area contributed by atoms with Crippen LogP contribution in [0.15, 0.2) is 18.2 Å². The van der Waals surface area contributed by atoms with Crippen LogP contribution in [0.3, 0.4) is 0 Å². The molecule has 1 aliphatic carbocycles. The molecule has 0 aromatic heterocycles. The lowest BCUT2D eigenvalue weighted by atomic mass is 9.96. The van der Waals surface area contributed by atoms with Gasteiger partial charge in [-0.1, -0.05) is 32.0 Å². The van der Waals surface area contributed by atoms with Crippen molar-refractivity contribution in [2.45, 2.75) is 59.2 Å². The van der Waals surface area contributed by atoms with Gasteiger partial charge < -0.3 is 5.32 Å². The lowest BCUT2D eigenvalue weighted by Crippen LogP contribution is -2.58. The zero-order valence-electron chi connectivity index (χ0n) is 14.0. The van der Waals surface area contributed by atoms with Gasteiger partial charge in [0, 0.05) is 31.7 Å². The van der Waals surface area contributed by atoms with Crippen LogP contribution < -0.4 is 5.32 Å². The number of nitrogens with zero attached hydrogens (tertiary/aromatic N) is 1. The van der Waals surface area contributed by atoms with E-state index in [1.807, 2.05) is 0 Å². The second-order valence-electron chi connectivity index (χ2n) is 7.51. The number of rotatable bonds is 4. The van der Waals surface area contributed by atoms with Gasteiger partial charge in [0.2, 0.25) is 0 Å². The molecule has 2 aliphatic rings. The quantitative estimate of drug-likeness (QED) is 0.911. The molecule has 1 heterocycles. The summed E-state index contributed by atoms with van der Waals surface area (Å²) >= 11 is 0. The highest BCUT2D eigenvalue weighted by Crippen LogP contribution is 2.37. The zero-order valence-corrected chi connectivity index (χ0v) is 14.0. The zero-order chi connectivity index (χ0) is 15.0. The summed E-state index contributed by atoms with van der Waals surface area (Å²) < 4.78 is 0. The molecule has 2 heteroatoms. The number of aryl methyl sites for hydroxylation is 2. The molecule has 21 heavy (non-hydrogen) atoms. The molecule has 1 saturated carbocycles. The van der Waals surface area contributed by atoms with E-state index < -0.39 is 0 Å². The van der Waals surface area contributed by atoms with Crippen LogP contribution in [0.1, 0.15) is 43.4 Å². The highest BCUT2D eigenvalue weighted by atomic mass is 15.2. The maximum atomic E-state index is 3.78. The predicted octanol–water partition coefficient (Wildman–Crippen LogP) is 3.51. The van der Waals surface area contributed by atoms with Gasteiger partial charge in [-0.05, 0) is 55.2 Å². The fourth-order valence-electron chi connectivity index (χ4n) is 3.56. The van der Waals surface area contributed by atoms with Gasteiger partial charge in [0.25, 0.3) is 0 Å². The molecule has 0 bridgehead atoms. The van der Waals surface area contributed by atoms with Crippen molar-refractivity contribution in [1.29, 1.82) is 0 Å². The van der Waals surface area contributed by atoms with Gasteiger partial charge in [-0.3, -0.25) is 4.90 Å². The van der Waals surface area contributed by atoms with Crippen LogP contribution in [0.2, 0.25) is 0 Å². The van der Waals surface area contributed by atoms with E-state index in [9.17, 15) is 0 Å². The summed E-state index contributed by atoms with van der Waals surface area (Å²) in [6, 6.07) is 8.37. The molecule has 0 radical (unpaired) electrons. The molecule has 3 rings (SSSR count). The Hall–Kier alpha value is -0.860. The third-order valence-corrected chi connectivity index (χ3v) is 5.42. The maximum absolute atomic E-state index is 3.78. The van der Waals surface area contributed by atoms with E-state index in [4.69, 9.17) is 0 Å². The first kappa shape index (κ1) is 15.1. The molecule has 0 spiro atoms. The number of nitrogens with one attached hydrogen (secondary N) is 1. The van der Waals surface area contributed by atoms with Crippen LogP contribution in [0.25, 0.3) is 0 Å². The fraction of sp³-hybridized carbons (Fsp3) is 0.684. The Morgan fingerprint density at radius 2 is 1.95 bits per heavy atom. The summed E-state index contributed by atoms with van der Waals surface area (Å²) in [7, 11) is 0. The lowest BCUT2D eigenvalue weighted by molar-refractivity contribution is 0.0926. The van der Waals surface area contributed by atoms with E-state index >= 15 is 0 Å². The van der Waals surface area contributed by atoms with E-state index in [0.717, 1.165) is 18.5 Å². The van der Waals surface area contributed by atoms with Crippen molar-refractivity contribution in [1.82, 2.24) is 10.2 Å². The molecular weight excluding hydrogens is 256 g/mol. The summed E-state index contributed by atoms with van der Waals surface area (Å²) in [6.45, 7) is 12.6. The molecule has 116 valence electrons. The normalized spacial score (nSPS) is 27.3. The Bertz CT molecular complexity index is 490. The Labute approximate surface area is 129 Å². The molecule has 1 aliphatic heterocycles. The van der Waals surface area contributed by atoms with E-state index in [2.05, 4.69) is 56.1 Å². The van der Waals surface area contributed by atoms with Gasteiger partial charge in [0.05, 0.1) is 0 Å². The van der Waals surface area contributed by atoms with Crippen molar-refractivity contribution in [3.05, 3.63) is 34.9 Å². The van der Waals surface area contributed by atoms with Gasteiger partial charge in [0.1, 0.15) is 0 Å². The van der Waals surface area contributed by atoms with Crippen molar-refractivity contribution >= 4 is 0 Å². The molecule has 1 aromatic rings.